The molecule has 0 spiro atoms. The van der Waals surface area contributed by atoms with Crippen molar-refractivity contribution in [2.45, 2.75) is 6.42 Å². The number of anilines is 1. The van der Waals surface area contributed by atoms with Gasteiger partial charge in [0.25, 0.3) is 0 Å². The molecule has 0 aliphatic carbocycles. The lowest BCUT2D eigenvalue weighted by Crippen LogP contribution is -2.25. The third-order valence-corrected chi connectivity index (χ3v) is 3.91. The van der Waals surface area contributed by atoms with E-state index in [1.165, 1.54) is 7.11 Å². The molecule has 25 heavy (non-hydrogen) atoms. The van der Waals surface area contributed by atoms with Gasteiger partial charge < -0.3 is 14.4 Å². The van der Waals surface area contributed by atoms with Crippen molar-refractivity contribution in [3.8, 4) is 5.75 Å². The first-order valence-corrected chi connectivity index (χ1v) is 8.44. The van der Waals surface area contributed by atoms with Crippen molar-refractivity contribution in [1.82, 2.24) is 0 Å². The maximum absolute atomic E-state index is 11.4. The van der Waals surface area contributed by atoms with Gasteiger partial charge in [0, 0.05) is 23.8 Å². The number of carbonyl (C=O) groups is 1. The van der Waals surface area contributed by atoms with Crippen LogP contribution in [0.2, 0.25) is 5.02 Å². The molecule has 0 saturated heterocycles. The Morgan fingerprint density at radius 2 is 1.84 bits per heavy atom. The molecule has 4 nitrogen and oxygen atoms in total. The third kappa shape index (κ3) is 5.84. The van der Waals surface area contributed by atoms with E-state index in [0.29, 0.717) is 12.2 Å². The average molecular weight is 360 g/mol. The van der Waals surface area contributed by atoms with Crippen LogP contribution in [-0.2, 0) is 4.74 Å². The van der Waals surface area contributed by atoms with Crippen molar-refractivity contribution >= 4 is 23.3 Å². The Morgan fingerprint density at radius 1 is 1.16 bits per heavy atom. The van der Waals surface area contributed by atoms with E-state index < -0.39 is 0 Å². The Bertz CT molecular complexity index is 683. The number of ether oxygens (including phenoxy) is 2. The molecule has 0 saturated carbocycles. The van der Waals surface area contributed by atoms with Crippen molar-refractivity contribution in [2.75, 3.05) is 31.7 Å². The van der Waals surface area contributed by atoms with Crippen LogP contribution in [0.3, 0.4) is 0 Å². The number of esters is 1. The lowest BCUT2D eigenvalue weighted by atomic mass is 10.2. The van der Waals surface area contributed by atoms with Gasteiger partial charge in [-0.1, -0.05) is 17.7 Å². The first kappa shape index (κ1) is 18.9. The fourth-order valence-corrected chi connectivity index (χ4v) is 2.51. The van der Waals surface area contributed by atoms with Gasteiger partial charge in [-0.15, -0.1) is 6.58 Å². The first-order chi connectivity index (χ1) is 12.1. The van der Waals surface area contributed by atoms with Gasteiger partial charge in [0.2, 0.25) is 0 Å². The number of halogens is 1. The van der Waals surface area contributed by atoms with Gasteiger partial charge in [-0.2, -0.15) is 0 Å². The highest BCUT2D eigenvalue weighted by atomic mass is 35.5. The predicted molar refractivity (Wildman–Crippen MR) is 102 cm³/mol. The van der Waals surface area contributed by atoms with Crippen molar-refractivity contribution in [1.29, 1.82) is 0 Å². The highest BCUT2D eigenvalue weighted by Gasteiger charge is 2.06. The van der Waals surface area contributed by atoms with E-state index in [4.69, 9.17) is 16.3 Å². The number of rotatable bonds is 9. The summed E-state index contributed by atoms with van der Waals surface area (Å²) in [6, 6.07) is 14.7. The minimum absolute atomic E-state index is 0.352. The zero-order valence-corrected chi connectivity index (χ0v) is 15.0. The minimum Gasteiger partial charge on any atom is -0.494 e. The van der Waals surface area contributed by atoms with E-state index in [1.54, 1.807) is 24.3 Å². The SMILES string of the molecule is C=CCN(CCCOc1ccc(C(=O)OC)cc1)c1ccc(Cl)cc1. The molecule has 2 rings (SSSR count). The fourth-order valence-electron chi connectivity index (χ4n) is 2.38. The van der Waals surface area contributed by atoms with Crippen molar-refractivity contribution in [3.05, 3.63) is 71.8 Å². The zero-order valence-electron chi connectivity index (χ0n) is 14.3. The smallest absolute Gasteiger partial charge is 0.337 e. The molecular formula is C20H22ClNO3. The maximum atomic E-state index is 11.4. The van der Waals surface area contributed by atoms with Crippen LogP contribution in [0, 0.1) is 0 Å². The van der Waals surface area contributed by atoms with E-state index in [0.717, 1.165) is 36.0 Å². The molecule has 0 radical (unpaired) electrons. The summed E-state index contributed by atoms with van der Waals surface area (Å²) < 4.78 is 10.4. The highest BCUT2D eigenvalue weighted by molar-refractivity contribution is 6.30. The molecule has 0 unspecified atom stereocenters. The summed E-state index contributed by atoms with van der Waals surface area (Å²) >= 11 is 5.94. The molecule has 0 aliphatic heterocycles. The van der Waals surface area contributed by atoms with E-state index in [1.807, 2.05) is 30.3 Å². The molecule has 2 aromatic rings. The second-order valence-electron chi connectivity index (χ2n) is 5.43. The van der Waals surface area contributed by atoms with Gasteiger partial charge in [0.05, 0.1) is 19.3 Å². The van der Waals surface area contributed by atoms with Crippen LogP contribution >= 0.6 is 11.6 Å². The van der Waals surface area contributed by atoms with Crippen LogP contribution in [0.5, 0.6) is 5.75 Å². The monoisotopic (exact) mass is 359 g/mol. The van der Waals surface area contributed by atoms with Gasteiger partial charge in [0.1, 0.15) is 5.75 Å². The molecule has 0 bridgehead atoms. The number of carbonyl (C=O) groups excluding carboxylic acids is 1. The Balaban J connectivity index is 1.82. The van der Waals surface area contributed by atoms with Gasteiger partial charge >= 0.3 is 5.97 Å². The van der Waals surface area contributed by atoms with Crippen LogP contribution in [0.15, 0.2) is 61.2 Å². The van der Waals surface area contributed by atoms with Crippen LogP contribution in [0.4, 0.5) is 5.69 Å². The van der Waals surface area contributed by atoms with Crippen molar-refractivity contribution in [2.24, 2.45) is 0 Å². The van der Waals surface area contributed by atoms with Crippen molar-refractivity contribution < 1.29 is 14.3 Å². The quantitative estimate of drug-likeness (QED) is 0.373. The summed E-state index contributed by atoms with van der Waals surface area (Å²) in [4.78, 5) is 13.6. The van der Waals surface area contributed by atoms with E-state index in [-0.39, 0.29) is 5.97 Å². The molecule has 0 aromatic heterocycles. The Hall–Kier alpha value is -2.46. The van der Waals surface area contributed by atoms with Crippen LogP contribution < -0.4 is 9.64 Å². The number of methoxy groups -OCH3 is 1. The summed E-state index contributed by atoms with van der Waals surface area (Å²) in [7, 11) is 1.36. The van der Waals surface area contributed by atoms with Gasteiger partial charge in [0.15, 0.2) is 0 Å². The summed E-state index contributed by atoms with van der Waals surface area (Å²) in [6.07, 6.45) is 2.73. The van der Waals surface area contributed by atoms with Crippen molar-refractivity contribution in [3.63, 3.8) is 0 Å². The molecule has 5 heteroatoms. The second kappa shape index (κ2) is 9.74. The number of nitrogens with zero attached hydrogens (tertiary/aromatic N) is 1. The number of benzene rings is 2. The zero-order chi connectivity index (χ0) is 18.1. The summed E-state index contributed by atoms with van der Waals surface area (Å²) in [5, 5.41) is 0.723. The van der Waals surface area contributed by atoms with E-state index in [9.17, 15) is 4.79 Å². The molecule has 0 N–H and O–H groups in total. The Labute approximate surface area is 153 Å². The van der Waals surface area contributed by atoms with Gasteiger partial charge in [-0.3, -0.25) is 0 Å². The van der Waals surface area contributed by atoms with E-state index >= 15 is 0 Å². The Kier molecular flexibility index (Phi) is 7.36. The average Bonchev–Trinajstić information content (AvgIpc) is 2.65. The molecule has 0 heterocycles. The topological polar surface area (TPSA) is 38.8 Å². The third-order valence-electron chi connectivity index (χ3n) is 3.66. The predicted octanol–water partition coefficient (Wildman–Crippen LogP) is 4.59. The van der Waals surface area contributed by atoms with Gasteiger partial charge in [-0.25, -0.2) is 4.79 Å². The Morgan fingerprint density at radius 3 is 2.44 bits per heavy atom. The molecule has 0 amide bonds. The molecule has 0 atom stereocenters. The van der Waals surface area contributed by atoms with Crippen LogP contribution in [0.25, 0.3) is 0 Å². The first-order valence-electron chi connectivity index (χ1n) is 8.06. The lowest BCUT2D eigenvalue weighted by Gasteiger charge is -2.23. The normalized spacial score (nSPS) is 10.2. The minimum atomic E-state index is -0.352. The largest absolute Gasteiger partial charge is 0.494 e. The molecule has 0 fully saturated rings. The van der Waals surface area contributed by atoms with Gasteiger partial charge in [-0.05, 0) is 55.0 Å². The molecular weight excluding hydrogens is 338 g/mol. The molecule has 0 aliphatic rings. The molecule has 132 valence electrons. The molecule has 2 aromatic carbocycles. The standard InChI is InChI=1S/C20H22ClNO3/c1-3-13-22(18-9-7-17(21)8-10-18)14-4-15-25-19-11-5-16(6-12-19)20(23)24-2/h3,5-12H,1,4,13-15H2,2H3. The fraction of sp³-hybridized carbons (Fsp3) is 0.250. The van der Waals surface area contributed by atoms with E-state index in [2.05, 4.69) is 16.2 Å². The number of hydrogen-bond acceptors (Lipinski definition) is 4. The number of hydrogen-bond donors (Lipinski definition) is 0. The van der Waals surface area contributed by atoms with Crippen LogP contribution in [0.1, 0.15) is 16.8 Å². The maximum Gasteiger partial charge on any atom is 0.337 e. The second-order valence-corrected chi connectivity index (χ2v) is 5.87. The lowest BCUT2D eigenvalue weighted by molar-refractivity contribution is 0.0600. The van der Waals surface area contributed by atoms with Crippen LogP contribution in [-0.4, -0.2) is 32.8 Å². The summed E-state index contributed by atoms with van der Waals surface area (Å²) in [6.45, 7) is 5.99. The summed E-state index contributed by atoms with van der Waals surface area (Å²) in [5.41, 5.74) is 1.61. The highest BCUT2D eigenvalue weighted by Crippen LogP contribution is 2.18. The summed E-state index contributed by atoms with van der Waals surface area (Å²) in [5.74, 6) is 0.379.